The number of amides is 1. The number of halogens is 1. The zero-order valence-corrected chi connectivity index (χ0v) is 16.7. The van der Waals surface area contributed by atoms with Crippen LogP contribution in [0.4, 0.5) is 0 Å². The molecule has 26 heavy (non-hydrogen) atoms. The number of carbonyl (C=O) groups is 1. The van der Waals surface area contributed by atoms with Crippen LogP contribution in [0.25, 0.3) is 5.69 Å². The summed E-state index contributed by atoms with van der Waals surface area (Å²) in [7, 11) is 0. The van der Waals surface area contributed by atoms with E-state index in [2.05, 4.69) is 26.3 Å². The van der Waals surface area contributed by atoms with E-state index in [1.807, 2.05) is 61.9 Å². The minimum Gasteiger partial charge on any atom is -0.469 e. The highest BCUT2D eigenvalue weighted by atomic mass is 79.9. The van der Waals surface area contributed by atoms with Crippen molar-refractivity contribution in [2.45, 2.75) is 39.7 Å². The number of aryl methyl sites for hydroxylation is 2. The molecule has 5 nitrogen and oxygen atoms in total. The monoisotopic (exact) mass is 415 g/mol. The van der Waals surface area contributed by atoms with Crippen LogP contribution >= 0.6 is 15.9 Å². The molecule has 0 aliphatic rings. The SMILES string of the molecule is Cc1nn(-c2ccc(C(=O)NC(C)CCc3ccco3)cc2)c(C)c1Br. The molecule has 2 heterocycles. The smallest absolute Gasteiger partial charge is 0.251 e. The number of hydrogen-bond donors (Lipinski definition) is 1. The van der Waals surface area contributed by atoms with E-state index in [1.54, 1.807) is 6.26 Å². The molecule has 2 aromatic heterocycles. The van der Waals surface area contributed by atoms with Crippen molar-refractivity contribution in [1.82, 2.24) is 15.1 Å². The van der Waals surface area contributed by atoms with Crippen molar-refractivity contribution in [3.8, 4) is 5.69 Å². The third kappa shape index (κ3) is 4.07. The van der Waals surface area contributed by atoms with Gasteiger partial charge in [-0.1, -0.05) is 0 Å². The van der Waals surface area contributed by atoms with Gasteiger partial charge in [-0.25, -0.2) is 4.68 Å². The van der Waals surface area contributed by atoms with Crippen LogP contribution < -0.4 is 5.32 Å². The van der Waals surface area contributed by atoms with Gasteiger partial charge < -0.3 is 9.73 Å². The minimum atomic E-state index is -0.0713. The van der Waals surface area contributed by atoms with Crippen LogP contribution in [0.3, 0.4) is 0 Å². The largest absolute Gasteiger partial charge is 0.469 e. The maximum absolute atomic E-state index is 12.4. The standard InChI is InChI=1S/C20H22BrN3O2/c1-13(6-11-18-5-4-12-26-18)22-20(25)16-7-9-17(10-8-16)24-15(3)19(21)14(2)23-24/h4-5,7-10,12-13H,6,11H2,1-3H3,(H,22,25). The molecule has 0 spiro atoms. The molecule has 3 rings (SSSR count). The van der Waals surface area contributed by atoms with E-state index in [4.69, 9.17) is 4.42 Å². The van der Waals surface area contributed by atoms with Crippen LogP contribution in [-0.2, 0) is 6.42 Å². The van der Waals surface area contributed by atoms with Gasteiger partial charge in [0.1, 0.15) is 5.76 Å². The summed E-state index contributed by atoms with van der Waals surface area (Å²) in [5.74, 6) is 0.865. The lowest BCUT2D eigenvalue weighted by Gasteiger charge is -2.13. The zero-order chi connectivity index (χ0) is 18.7. The molecular weight excluding hydrogens is 394 g/mol. The zero-order valence-electron chi connectivity index (χ0n) is 15.1. The first-order valence-corrected chi connectivity index (χ1v) is 9.40. The van der Waals surface area contributed by atoms with Gasteiger partial charge in [0.05, 0.1) is 27.8 Å². The minimum absolute atomic E-state index is 0.0687. The molecule has 1 unspecified atom stereocenters. The molecule has 0 fully saturated rings. The van der Waals surface area contributed by atoms with Crippen molar-refractivity contribution >= 4 is 21.8 Å². The fourth-order valence-corrected chi connectivity index (χ4v) is 3.07. The quantitative estimate of drug-likeness (QED) is 0.639. The molecule has 136 valence electrons. The Balaban J connectivity index is 1.62. The first-order valence-electron chi connectivity index (χ1n) is 8.61. The van der Waals surface area contributed by atoms with E-state index in [1.165, 1.54) is 0 Å². The van der Waals surface area contributed by atoms with Crippen LogP contribution in [0.1, 0.15) is 40.9 Å². The summed E-state index contributed by atoms with van der Waals surface area (Å²) in [4.78, 5) is 12.4. The van der Waals surface area contributed by atoms with Crippen LogP contribution in [-0.4, -0.2) is 21.7 Å². The molecular formula is C20H22BrN3O2. The van der Waals surface area contributed by atoms with Gasteiger partial charge in [0, 0.05) is 18.0 Å². The van der Waals surface area contributed by atoms with Crippen LogP contribution in [0, 0.1) is 13.8 Å². The average molecular weight is 416 g/mol. The van der Waals surface area contributed by atoms with Crippen molar-refractivity contribution in [2.75, 3.05) is 0 Å². The number of benzene rings is 1. The lowest BCUT2D eigenvalue weighted by Crippen LogP contribution is -2.32. The predicted octanol–water partition coefficient (Wildman–Crippen LogP) is 4.60. The third-order valence-electron chi connectivity index (χ3n) is 4.36. The molecule has 0 radical (unpaired) electrons. The normalized spacial score (nSPS) is 12.2. The summed E-state index contributed by atoms with van der Waals surface area (Å²) in [5, 5.41) is 7.54. The van der Waals surface area contributed by atoms with Crippen molar-refractivity contribution in [1.29, 1.82) is 0 Å². The second-order valence-corrected chi connectivity index (χ2v) is 7.23. The number of rotatable bonds is 6. The van der Waals surface area contributed by atoms with Crippen molar-refractivity contribution < 1.29 is 9.21 Å². The summed E-state index contributed by atoms with van der Waals surface area (Å²) in [6.07, 6.45) is 3.30. The molecule has 3 aromatic rings. The lowest BCUT2D eigenvalue weighted by molar-refractivity contribution is 0.0938. The molecule has 0 aliphatic carbocycles. The number of nitrogens with zero attached hydrogens (tertiary/aromatic N) is 2. The molecule has 0 aliphatic heterocycles. The molecule has 0 bridgehead atoms. The van der Waals surface area contributed by atoms with Crippen molar-refractivity contribution in [3.05, 3.63) is 69.8 Å². The molecule has 1 atom stereocenters. The molecule has 0 saturated heterocycles. The van der Waals surface area contributed by atoms with E-state index in [-0.39, 0.29) is 11.9 Å². The van der Waals surface area contributed by atoms with Crippen molar-refractivity contribution in [3.63, 3.8) is 0 Å². The first-order chi connectivity index (χ1) is 12.5. The highest BCUT2D eigenvalue weighted by molar-refractivity contribution is 9.10. The average Bonchev–Trinajstić information content (AvgIpc) is 3.24. The molecule has 6 heteroatoms. The maximum Gasteiger partial charge on any atom is 0.251 e. The highest BCUT2D eigenvalue weighted by Crippen LogP contribution is 2.23. The molecule has 1 aromatic carbocycles. The van der Waals surface area contributed by atoms with E-state index >= 15 is 0 Å². The van der Waals surface area contributed by atoms with E-state index < -0.39 is 0 Å². The van der Waals surface area contributed by atoms with Gasteiger partial charge in [-0.05, 0) is 79.5 Å². The Morgan fingerprint density at radius 2 is 2.00 bits per heavy atom. The number of hydrogen-bond acceptors (Lipinski definition) is 3. The van der Waals surface area contributed by atoms with Gasteiger partial charge in [-0.3, -0.25) is 4.79 Å². The Morgan fingerprint density at radius 3 is 2.58 bits per heavy atom. The third-order valence-corrected chi connectivity index (χ3v) is 5.51. The first kappa shape index (κ1) is 18.5. The molecule has 0 saturated carbocycles. The van der Waals surface area contributed by atoms with Gasteiger partial charge >= 0.3 is 0 Å². The summed E-state index contributed by atoms with van der Waals surface area (Å²) in [5.41, 5.74) is 3.54. The fraction of sp³-hybridized carbons (Fsp3) is 0.300. The van der Waals surface area contributed by atoms with Crippen LogP contribution in [0.15, 0.2) is 51.6 Å². The predicted molar refractivity (Wildman–Crippen MR) is 105 cm³/mol. The second-order valence-electron chi connectivity index (χ2n) is 6.44. The summed E-state index contributed by atoms with van der Waals surface area (Å²) in [6.45, 7) is 5.97. The fourth-order valence-electron chi connectivity index (χ4n) is 2.82. The van der Waals surface area contributed by atoms with Gasteiger partial charge in [-0.15, -0.1) is 0 Å². The van der Waals surface area contributed by atoms with E-state index in [0.29, 0.717) is 5.56 Å². The Bertz CT molecular complexity index is 883. The summed E-state index contributed by atoms with van der Waals surface area (Å²) in [6, 6.07) is 11.4. The van der Waals surface area contributed by atoms with Crippen LogP contribution in [0.5, 0.6) is 0 Å². The Hall–Kier alpha value is -2.34. The van der Waals surface area contributed by atoms with Gasteiger partial charge in [0.2, 0.25) is 0 Å². The molecule has 1 N–H and O–H groups in total. The number of carbonyl (C=O) groups excluding carboxylic acids is 1. The Labute approximate surface area is 161 Å². The Kier molecular flexibility index (Phi) is 5.61. The number of aromatic nitrogens is 2. The van der Waals surface area contributed by atoms with Gasteiger partial charge in [0.25, 0.3) is 5.91 Å². The van der Waals surface area contributed by atoms with Crippen LogP contribution in [0.2, 0.25) is 0 Å². The number of nitrogens with one attached hydrogen (secondary N) is 1. The van der Waals surface area contributed by atoms with Crippen molar-refractivity contribution in [2.24, 2.45) is 0 Å². The topological polar surface area (TPSA) is 60.1 Å². The molecule has 1 amide bonds. The number of furan rings is 1. The summed E-state index contributed by atoms with van der Waals surface area (Å²) >= 11 is 3.54. The van der Waals surface area contributed by atoms with E-state index in [0.717, 1.165) is 40.1 Å². The summed E-state index contributed by atoms with van der Waals surface area (Å²) < 4.78 is 8.20. The van der Waals surface area contributed by atoms with E-state index in [9.17, 15) is 4.79 Å². The van der Waals surface area contributed by atoms with Gasteiger partial charge in [-0.2, -0.15) is 5.10 Å². The second kappa shape index (κ2) is 7.91. The van der Waals surface area contributed by atoms with Gasteiger partial charge in [0.15, 0.2) is 0 Å². The maximum atomic E-state index is 12.4. The Morgan fingerprint density at radius 1 is 1.27 bits per heavy atom. The highest BCUT2D eigenvalue weighted by Gasteiger charge is 2.13. The lowest BCUT2D eigenvalue weighted by atomic mass is 10.1.